The number of pyridine rings is 2. The largest absolute Gasteiger partial charge is 0.487 e. The van der Waals surface area contributed by atoms with Crippen molar-refractivity contribution in [3.8, 4) is 5.75 Å². The fraction of sp³-hybridized carbons (Fsp3) is 0.455. The van der Waals surface area contributed by atoms with E-state index in [0.29, 0.717) is 31.1 Å². The molecule has 1 aromatic carbocycles. The third-order valence-electron chi connectivity index (χ3n) is 6.68. The first-order valence-electron chi connectivity index (χ1n) is 14.3. The van der Waals surface area contributed by atoms with Gasteiger partial charge in [-0.15, -0.1) is 0 Å². The first kappa shape index (κ1) is 31.7. The van der Waals surface area contributed by atoms with Crippen LogP contribution < -0.4 is 15.4 Å². The number of benzene rings is 1. The maximum Gasteiger partial charge on any atom is 0.243 e. The zero-order valence-electron chi connectivity index (χ0n) is 25.3. The summed E-state index contributed by atoms with van der Waals surface area (Å²) in [5.41, 5.74) is 2.35. The molecule has 0 saturated heterocycles. The number of nitrogens with one attached hydrogen (secondary N) is 2. The lowest BCUT2D eigenvalue weighted by Crippen LogP contribution is -2.57. The highest BCUT2D eigenvalue weighted by Gasteiger charge is 2.30. The van der Waals surface area contributed by atoms with Gasteiger partial charge in [-0.05, 0) is 101 Å². The molecule has 0 bridgehead atoms. The van der Waals surface area contributed by atoms with Crippen molar-refractivity contribution in [2.75, 3.05) is 13.6 Å². The number of hydrogen-bond acceptors (Lipinski definition) is 6. The summed E-state index contributed by atoms with van der Waals surface area (Å²) >= 11 is 0. The summed E-state index contributed by atoms with van der Waals surface area (Å²) in [6, 6.07) is 16.0. The Morgan fingerprint density at radius 1 is 0.902 bits per heavy atom. The quantitative estimate of drug-likeness (QED) is 0.300. The molecule has 2 N–H and O–H groups in total. The fourth-order valence-corrected chi connectivity index (χ4v) is 4.34. The minimum absolute atomic E-state index is 0.169. The molecule has 0 aliphatic heterocycles. The molecular weight excluding hydrogens is 514 g/mol. The van der Waals surface area contributed by atoms with E-state index in [4.69, 9.17) is 4.74 Å². The summed E-state index contributed by atoms with van der Waals surface area (Å²) in [7, 11) is 1.97. The second kappa shape index (κ2) is 15.3. The molecule has 2 amide bonds. The number of carbonyl (C=O) groups excluding carboxylic acids is 2. The van der Waals surface area contributed by atoms with Gasteiger partial charge in [0.05, 0.1) is 11.7 Å². The van der Waals surface area contributed by atoms with E-state index in [1.54, 1.807) is 18.6 Å². The van der Waals surface area contributed by atoms with Gasteiger partial charge in [-0.3, -0.25) is 24.5 Å². The van der Waals surface area contributed by atoms with Gasteiger partial charge in [-0.1, -0.05) is 32.0 Å². The highest BCUT2D eigenvalue weighted by Crippen LogP contribution is 2.16. The van der Waals surface area contributed by atoms with Crippen LogP contribution in [0, 0.1) is 5.92 Å². The molecule has 0 saturated carbocycles. The molecule has 8 heteroatoms. The van der Waals surface area contributed by atoms with Gasteiger partial charge < -0.3 is 15.4 Å². The Morgan fingerprint density at radius 2 is 1.59 bits per heavy atom. The summed E-state index contributed by atoms with van der Waals surface area (Å²) in [5.74, 6) is 0.845. The van der Waals surface area contributed by atoms with E-state index in [1.807, 2.05) is 82.4 Å². The Kier molecular flexibility index (Phi) is 11.8. The fourth-order valence-electron chi connectivity index (χ4n) is 4.34. The van der Waals surface area contributed by atoms with Gasteiger partial charge >= 0.3 is 0 Å². The average molecular weight is 560 g/mol. The van der Waals surface area contributed by atoms with Crippen LogP contribution in [-0.2, 0) is 29.0 Å². The van der Waals surface area contributed by atoms with Crippen molar-refractivity contribution in [2.45, 2.75) is 78.1 Å². The van der Waals surface area contributed by atoms with E-state index in [0.717, 1.165) is 29.8 Å². The molecule has 3 rings (SSSR count). The Balaban J connectivity index is 1.75. The molecular formula is C33H45N5O3. The lowest BCUT2D eigenvalue weighted by atomic mass is 10.0. The number of ether oxygens (including phenoxy) is 1. The van der Waals surface area contributed by atoms with Crippen molar-refractivity contribution in [2.24, 2.45) is 5.92 Å². The Hall–Kier alpha value is -3.78. The Morgan fingerprint density at radius 3 is 2.20 bits per heavy atom. The summed E-state index contributed by atoms with van der Waals surface area (Å²) in [6.07, 6.45) is 7.07. The zero-order valence-corrected chi connectivity index (χ0v) is 25.3. The van der Waals surface area contributed by atoms with Gasteiger partial charge in [0.15, 0.2) is 0 Å². The maximum atomic E-state index is 13.8. The summed E-state index contributed by atoms with van der Waals surface area (Å²) < 4.78 is 5.86. The molecule has 3 aromatic rings. The predicted octanol–water partition coefficient (Wildman–Crippen LogP) is 4.59. The molecule has 41 heavy (non-hydrogen) atoms. The topological polar surface area (TPSA) is 96.5 Å². The van der Waals surface area contributed by atoms with E-state index in [2.05, 4.69) is 39.3 Å². The van der Waals surface area contributed by atoms with E-state index in [-0.39, 0.29) is 11.8 Å². The van der Waals surface area contributed by atoms with Crippen LogP contribution in [-0.4, -0.2) is 57.9 Å². The number of hydrogen-bond donors (Lipinski definition) is 2. The first-order valence-corrected chi connectivity index (χ1v) is 14.3. The molecule has 0 aliphatic carbocycles. The smallest absolute Gasteiger partial charge is 0.243 e. The minimum Gasteiger partial charge on any atom is -0.487 e. The van der Waals surface area contributed by atoms with Crippen LogP contribution in [0.5, 0.6) is 5.75 Å². The summed E-state index contributed by atoms with van der Waals surface area (Å²) in [4.78, 5) is 37.7. The lowest BCUT2D eigenvalue weighted by molar-refractivity contribution is -0.132. The van der Waals surface area contributed by atoms with Crippen LogP contribution in [0.25, 0.3) is 0 Å². The number of carbonyl (C=O) groups is 2. The normalized spacial score (nSPS) is 13.1. The molecule has 0 radical (unpaired) electrons. The van der Waals surface area contributed by atoms with Gasteiger partial charge in [-0.25, -0.2) is 0 Å². The highest BCUT2D eigenvalue weighted by molar-refractivity contribution is 5.90. The summed E-state index contributed by atoms with van der Waals surface area (Å²) in [6.45, 7) is 11.3. The average Bonchev–Trinajstić information content (AvgIpc) is 2.94. The Bertz CT molecular complexity index is 1210. The Labute approximate surface area is 244 Å². The van der Waals surface area contributed by atoms with Crippen LogP contribution >= 0.6 is 0 Å². The SMILES string of the molecule is CC(C)CCN(C)C(Cc1ccncc1)C(=O)NC(Cc1ccc(OCc2ccccn2)cc1)C(=O)NC(C)(C)C. The molecule has 8 nitrogen and oxygen atoms in total. The van der Waals surface area contributed by atoms with Crippen molar-refractivity contribution in [1.82, 2.24) is 25.5 Å². The van der Waals surface area contributed by atoms with Gasteiger partial charge in [0.25, 0.3) is 0 Å². The van der Waals surface area contributed by atoms with Crippen molar-refractivity contribution in [1.29, 1.82) is 0 Å². The molecule has 2 aromatic heterocycles. The van der Waals surface area contributed by atoms with Crippen molar-refractivity contribution in [3.05, 3.63) is 90.0 Å². The monoisotopic (exact) mass is 559 g/mol. The number of likely N-dealkylation sites (N-methyl/N-ethyl adjacent to an activating group) is 1. The predicted molar refractivity (Wildman–Crippen MR) is 162 cm³/mol. The number of rotatable bonds is 14. The van der Waals surface area contributed by atoms with Crippen molar-refractivity contribution < 1.29 is 14.3 Å². The standard InChI is InChI=1S/C33H45N5O3/c1-24(2)16-20-38(6)30(22-26-14-18-34-19-15-26)32(40)36-29(31(39)37-33(3,4)5)21-25-10-12-28(13-11-25)41-23-27-9-7-8-17-35-27/h7-15,17-19,24,29-30H,16,20-23H2,1-6H3,(H,36,40)(H,37,39). The molecule has 0 spiro atoms. The maximum absolute atomic E-state index is 13.8. The molecule has 2 heterocycles. The highest BCUT2D eigenvalue weighted by atomic mass is 16.5. The third kappa shape index (κ3) is 11.3. The van der Waals surface area contributed by atoms with Gasteiger partial charge in [0.2, 0.25) is 11.8 Å². The molecule has 220 valence electrons. The van der Waals surface area contributed by atoms with Crippen LogP contribution in [0.15, 0.2) is 73.2 Å². The number of amides is 2. The number of aromatic nitrogens is 2. The van der Waals surface area contributed by atoms with E-state index in [9.17, 15) is 9.59 Å². The minimum atomic E-state index is -0.736. The second-order valence-electron chi connectivity index (χ2n) is 12.0. The van der Waals surface area contributed by atoms with Crippen LogP contribution in [0.3, 0.4) is 0 Å². The van der Waals surface area contributed by atoms with Gasteiger partial charge in [0, 0.05) is 30.6 Å². The lowest BCUT2D eigenvalue weighted by Gasteiger charge is -2.31. The van der Waals surface area contributed by atoms with Crippen molar-refractivity contribution in [3.63, 3.8) is 0 Å². The van der Waals surface area contributed by atoms with Gasteiger partial charge in [0.1, 0.15) is 18.4 Å². The molecule has 2 unspecified atom stereocenters. The number of nitrogens with zero attached hydrogens (tertiary/aromatic N) is 3. The first-order chi connectivity index (χ1) is 19.5. The van der Waals surface area contributed by atoms with E-state index in [1.165, 1.54) is 0 Å². The van der Waals surface area contributed by atoms with Crippen molar-refractivity contribution >= 4 is 11.8 Å². The second-order valence-corrected chi connectivity index (χ2v) is 12.0. The van der Waals surface area contributed by atoms with Crippen LogP contribution in [0.2, 0.25) is 0 Å². The van der Waals surface area contributed by atoms with Crippen LogP contribution in [0.1, 0.15) is 57.9 Å². The third-order valence-corrected chi connectivity index (χ3v) is 6.68. The van der Waals surface area contributed by atoms with Crippen LogP contribution in [0.4, 0.5) is 0 Å². The van der Waals surface area contributed by atoms with Gasteiger partial charge in [-0.2, -0.15) is 0 Å². The summed E-state index contributed by atoms with van der Waals surface area (Å²) in [5, 5.41) is 6.14. The molecule has 2 atom stereocenters. The van der Waals surface area contributed by atoms with E-state index >= 15 is 0 Å². The molecule has 0 fully saturated rings. The molecule has 0 aliphatic rings. The zero-order chi connectivity index (χ0) is 29.8. The van der Waals surface area contributed by atoms with E-state index < -0.39 is 17.6 Å².